The van der Waals surface area contributed by atoms with Gasteiger partial charge in [0.2, 0.25) is 0 Å². The van der Waals surface area contributed by atoms with Gasteiger partial charge in [-0.3, -0.25) is 0 Å². The van der Waals surface area contributed by atoms with Gasteiger partial charge in [0.1, 0.15) is 5.82 Å². The van der Waals surface area contributed by atoms with Gasteiger partial charge in [0.25, 0.3) is 0 Å². The van der Waals surface area contributed by atoms with Gasteiger partial charge < -0.3 is 5.32 Å². The highest BCUT2D eigenvalue weighted by molar-refractivity contribution is 5.42. The first-order valence-electron chi connectivity index (χ1n) is 6.41. The van der Waals surface area contributed by atoms with Crippen LogP contribution in [0.5, 0.6) is 0 Å². The lowest BCUT2D eigenvalue weighted by Crippen LogP contribution is -2.20. The molecule has 2 heteroatoms. The van der Waals surface area contributed by atoms with Gasteiger partial charge in [-0.2, -0.15) is 0 Å². The van der Waals surface area contributed by atoms with Crippen molar-refractivity contribution in [3.05, 3.63) is 23.9 Å². The monoisotopic (exact) mass is 218 g/mol. The van der Waals surface area contributed by atoms with E-state index in [1.165, 1.54) is 31.2 Å². The molecule has 0 amide bonds. The molecule has 0 unspecified atom stereocenters. The van der Waals surface area contributed by atoms with Crippen LogP contribution in [-0.4, -0.2) is 11.5 Å². The highest BCUT2D eigenvalue weighted by Crippen LogP contribution is 2.28. The molecule has 1 N–H and O–H groups in total. The second kappa shape index (κ2) is 5.33. The maximum absolute atomic E-state index is 4.37. The van der Waals surface area contributed by atoms with Crippen LogP contribution in [0.1, 0.15) is 38.2 Å². The second-order valence-electron chi connectivity index (χ2n) is 5.18. The molecule has 1 aliphatic carbocycles. The van der Waals surface area contributed by atoms with Crippen LogP contribution < -0.4 is 5.32 Å². The molecule has 0 spiro atoms. The minimum atomic E-state index is 0.845. The molecule has 1 aliphatic rings. The van der Waals surface area contributed by atoms with E-state index in [1.807, 2.05) is 12.3 Å². The fraction of sp³-hybridized carbons (Fsp3) is 0.643. The van der Waals surface area contributed by atoms with E-state index in [1.54, 1.807) is 0 Å². The zero-order chi connectivity index (χ0) is 11.4. The van der Waals surface area contributed by atoms with Crippen LogP contribution in [0.25, 0.3) is 0 Å². The SMILES string of the molecule is Cc1cccnc1NCC1CCC(C)CC1. The van der Waals surface area contributed by atoms with E-state index < -0.39 is 0 Å². The Morgan fingerprint density at radius 3 is 2.75 bits per heavy atom. The van der Waals surface area contributed by atoms with Gasteiger partial charge >= 0.3 is 0 Å². The number of pyridine rings is 1. The summed E-state index contributed by atoms with van der Waals surface area (Å²) in [6, 6.07) is 4.10. The van der Waals surface area contributed by atoms with Crippen molar-refractivity contribution < 1.29 is 0 Å². The fourth-order valence-electron chi connectivity index (χ4n) is 2.45. The van der Waals surface area contributed by atoms with Gasteiger partial charge in [-0.05, 0) is 43.2 Å². The van der Waals surface area contributed by atoms with E-state index in [0.717, 1.165) is 24.2 Å². The van der Waals surface area contributed by atoms with Gasteiger partial charge in [-0.15, -0.1) is 0 Å². The summed E-state index contributed by atoms with van der Waals surface area (Å²) in [6.07, 6.45) is 7.40. The number of rotatable bonds is 3. The van der Waals surface area contributed by atoms with Gasteiger partial charge in [0.05, 0.1) is 0 Å². The van der Waals surface area contributed by atoms with Crippen molar-refractivity contribution in [3.8, 4) is 0 Å². The van der Waals surface area contributed by atoms with Crippen molar-refractivity contribution in [1.82, 2.24) is 4.98 Å². The molecule has 0 aliphatic heterocycles. The van der Waals surface area contributed by atoms with Gasteiger partial charge in [-0.1, -0.05) is 25.8 Å². The molecule has 16 heavy (non-hydrogen) atoms. The average molecular weight is 218 g/mol. The van der Waals surface area contributed by atoms with Crippen LogP contribution in [0.4, 0.5) is 5.82 Å². The Morgan fingerprint density at radius 2 is 2.06 bits per heavy atom. The van der Waals surface area contributed by atoms with E-state index in [9.17, 15) is 0 Å². The summed E-state index contributed by atoms with van der Waals surface area (Å²) in [7, 11) is 0. The minimum Gasteiger partial charge on any atom is -0.370 e. The van der Waals surface area contributed by atoms with Crippen LogP contribution in [-0.2, 0) is 0 Å². The molecule has 88 valence electrons. The van der Waals surface area contributed by atoms with Gasteiger partial charge in [0.15, 0.2) is 0 Å². The average Bonchev–Trinajstić information content (AvgIpc) is 2.30. The Morgan fingerprint density at radius 1 is 1.31 bits per heavy atom. The summed E-state index contributed by atoms with van der Waals surface area (Å²) < 4.78 is 0. The van der Waals surface area contributed by atoms with Crippen LogP contribution in [0.2, 0.25) is 0 Å². The van der Waals surface area contributed by atoms with Crippen molar-refractivity contribution in [1.29, 1.82) is 0 Å². The van der Waals surface area contributed by atoms with Crippen molar-refractivity contribution >= 4 is 5.82 Å². The number of hydrogen-bond donors (Lipinski definition) is 1. The Bertz CT molecular complexity index is 327. The maximum Gasteiger partial charge on any atom is 0.128 e. The zero-order valence-electron chi connectivity index (χ0n) is 10.4. The molecule has 1 aromatic heterocycles. The summed E-state index contributed by atoms with van der Waals surface area (Å²) >= 11 is 0. The molecule has 1 aromatic rings. The molecular formula is C14H22N2. The number of hydrogen-bond acceptors (Lipinski definition) is 2. The Kier molecular flexibility index (Phi) is 3.81. The van der Waals surface area contributed by atoms with Gasteiger partial charge in [0, 0.05) is 12.7 Å². The molecule has 2 rings (SSSR count). The predicted molar refractivity (Wildman–Crippen MR) is 68.6 cm³/mol. The van der Waals surface area contributed by atoms with Gasteiger partial charge in [-0.25, -0.2) is 4.98 Å². The summed E-state index contributed by atoms with van der Waals surface area (Å²) in [4.78, 5) is 4.37. The molecule has 1 saturated carbocycles. The summed E-state index contributed by atoms with van der Waals surface area (Å²) in [5, 5.41) is 3.49. The van der Waals surface area contributed by atoms with E-state index >= 15 is 0 Å². The second-order valence-corrected chi connectivity index (χ2v) is 5.18. The number of anilines is 1. The highest BCUT2D eigenvalue weighted by atomic mass is 15.0. The third kappa shape index (κ3) is 2.97. The normalized spacial score (nSPS) is 25.4. The summed E-state index contributed by atoms with van der Waals surface area (Å²) in [5.41, 5.74) is 1.24. The van der Waals surface area contributed by atoms with Crippen molar-refractivity contribution in [2.45, 2.75) is 39.5 Å². The number of nitrogens with zero attached hydrogens (tertiary/aromatic N) is 1. The molecule has 1 fully saturated rings. The summed E-state index contributed by atoms with van der Waals surface area (Å²) in [6.45, 7) is 5.56. The van der Waals surface area contributed by atoms with Crippen molar-refractivity contribution in [2.75, 3.05) is 11.9 Å². The molecule has 0 atom stereocenters. The van der Waals surface area contributed by atoms with Crippen molar-refractivity contribution in [2.24, 2.45) is 11.8 Å². The zero-order valence-corrected chi connectivity index (χ0v) is 10.4. The van der Waals surface area contributed by atoms with E-state index in [-0.39, 0.29) is 0 Å². The molecule has 1 heterocycles. The van der Waals surface area contributed by atoms with Crippen molar-refractivity contribution in [3.63, 3.8) is 0 Å². The highest BCUT2D eigenvalue weighted by Gasteiger charge is 2.17. The Labute approximate surface area is 98.5 Å². The predicted octanol–water partition coefficient (Wildman–Crippen LogP) is 3.63. The molecular weight excluding hydrogens is 196 g/mol. The molecule has 0 bridgehead atoms. The topological polar surface area (TPSA) is 24.9 Å². The third-order valence-electron chi connectivity index (χ3n) is 3.70. The lowest BCUT2D eigenvalue weighted by atomic mass is 9.83. The number of nitrogens with one attached hydrogen (secondary N) is 1. The molecule has 2 nitrogen and oxygen atoms in total. The van der Waals surface area contributed by atoms with E-state index in [2.05, 4.69) is 30.2 Å². The van der Waals surface area contributed by atoms with Crippen LogP contribution in [0.3, 0.4) is 0 Å². The van der Waals surface area contributed by atoms with Crippen LogP contribution in [0.15, 0.2) is 18.3 Å². The minimum absolute atomic E-state index is 0.845. The number of aryl methyl sites for hydroxylation is 1. The third-order valence-corrected chi connectivity index (χ3v) is 3.70. The first-order chi connectivity index (χ1) is 7.75. The quantitative estimate of drug-likeness (QED) is 0.838. The maximum atomic E-state index is 4.37. The molecule has 0 aromatic carbocycles. The number of aromatic nitrogens is 1. The first kappa shape index (κ1) is 11.4. The molecule has 0 saturated heterocycles. The standard InChI is InChI=1S/C14H22N2/c1-11-5-7-13(8-6-11)10-16-14-12(2)4-3-9-15-14/h3-4,9,11,13H,5-8,10H2,1-2H3,(H,15,16). The lowest BCUT2D eigenvalue weighted by molar-refractivity contribution is 0.300. The largest absolute Gasteiger partial charge is 0.370 e. The Hall–Kier alpha value is -1.05. The fourth-order valence-corrected chi connectivity index (χ4v) is 2.45. The lowest BCUT2D eigenvalue weighted by Gasteiger charge is -2.26. The van der Waals surface area contributed by atoms with Crippen LogP contribution in [0, 0.1) is 18.8 Å². The van der Waals surface area contributed by atoms with E-state index in [0.29, 0.717) is 0 Å². The van der Waals surface area contributed by atoms with E-state index in [4.69, 9.17) is 0 Å². The Balaban J connectivity index is 1.81. The molecule has 0 radical (unpaired) electrons. The first-order valence-corrected chi connectivity index (χ1v) is 6.41. The summed E-state index contributed by atoms with van der Waals surface area (Å²) in [5.74, 6) is 2.84. The smallest absolute Gasteiger partial charge is 0.128 e. The van der Waals surface area contributed by atoms with Crippen LogP contribution >= 0.6 is 0 Å².